The maximum absolute atomic E-state index is 14.9. The highest BCUT2D eigenvalue weighted by molar-refractivity contribution is 5.71. The fraction of sp³-hybridized carbons (Fsp3) is 0.455. The molecular formula is C33H35F5O3. The topological polar surface area (TPSA) is 31.0 Å². The Labute approximate surface area is 237 Å². The molecule has 3 atom stereocenters. The van der Waals surface area contributed by atoms with Crippen LogP contribution in [0.4, 0.5) is 22.0 Å². The quantitative estimate of drug-likeness (QED) is 0.123. The Morgan fingerprint density at radius 3 is 2.15 bits per heavy atom. The third kappa shape index (κ3) is 7.09. The van der Waals surface area contributed by atoms with Crippen LogP contribution in [0.2, 0.25) is 0 Å². The predicted octanol–water partition coefficient (Wildman–Crippen LogP) is 9.64. The minimum absolute atomic E-state index is 0.0961. The molecule has 0 aromatic heterocycles. The van der Waals surface area contributed by atoms with E-state index in [9.17, 15) is 22.0 Å². The van der Waals surface area contributed by atoms with Crippen LogP contribution in [-0.2, 0) is 9.47 Å². The van der Waals surface area contributed by atoms with Crippen LogP contribution >= 0.6 is 0 Å². The van der Waals surface area contributed by atoms with Gasteiger partial charge in [-0.2, -0.15) is 8.78 Å². The van der Waals surface area contributed by atoms with E-state index in [-0.39, 0.29) is 30.1 Å². The molecule has 0 radical (unpaired) electrons. The molecule has 0 spiro atoms. The Morgan fingerprint density at radius 2 is 1.49 bits per heavy atom. The van der Waals surface area contributed by atoms with Crippen LogP contribution in [0.15, 0.2) is 54.6 Å². The van der Waals surface area contributed by atoms with Gasteiger partial charge in [-0.25, -0.2) is 13.2 Å². The van der Waals surface area contributed by atoms with Crippen LogP contribution in [0, 0.1) is 23.4 Å². The molecule has 2 aliphatic rings. The summed E-state index contributed by atoms with van der Waals surface area (Å²) in [4.78, 5) is 0. The van der Waals surface area contributed by atoms with E-state index in [2.05, 4.69) is 6.92 Å². The van der Waals surface area contributed by atoms with Gasteiger partial charge in [0, 0.05) is 11.1 Å². The summed E-state index contributed by atoms with van der Waals surface area (Å²) in [6.07, 6.45) is 2.06. The van der Waals surface area contributed by atoms with Crippen molar-refractivity contribution >= 4 is 0 Å². The largest absolute Gasteiger partial charge is 0.427 e. The van der Waals surface area contributed by atoms with Crippen molar-refractivity contribution in [1.82, 2.24) is 0 Å². The number of alkyl halides is 2. The van der Waals surface area contributed by atoms with Gasteiger partial charge in [-0.15, -0.1) is 0 Å². The van der Waals surface area contributed by atoms with Crippen molar-refractivity contribution < 1.29 is 36.2 Å². The molecule has 2 saturated heterocycles. The number of hydrogen-bond acceptors (Lipinski definition) is 3. The van der Waals surface area contributed by atoms with Crippen molar-refractivity contribution in [3.05, 3.63) is 77.6 Å². The first-order valence-corrected chi connectivity index (χ1v) is 14.4. The van der Waals surface area contributed by atoms with E-state index >= 15 is 0 Å². The Hall–Kier alpha value is -2.97. The average molecular weight is 575 g/mol. The first kappa shape index (κ1) is 29.5. The molecule has 3 aromatic carbocycles. The highest BCUT2D eigenvalue weighted by atomic mass is 19.3. The zero-order valence-electron chi connectivity index (χ0n) is 23.1. The Morgan fingerprint density at radius 1 is 0.780 bits per heavy atom. The van der Waals surface area contributed by atoms with Gasteiger partial charge in [0.15, 0.2) is 29.3 Å². The van der Waals surface area contributed by atoms with Gasteiger partial charge in [-0.3, -0.25) is 0 Å². The van der Waals surface area contributed by atoms with E-state index in [1.54, 1.807) is 24.3 Å². The van der Waals surface area contributed by atoms with Crippen LogP contribution in [0.1, 0.15) is 70.0 Å². The fourth-order valence-electron chi connectivity index (χ4n) is 5.42. The highest BCUT2D eigenvalue weighted by Crippen LogP contribution is 2.38. The monoisotopic (exact) mass is 574 g/mol. The minimum Gasteiger partial charge on any atom is -0.427 e. The molecule has 2 aliphatic heterocycles. The van der Waals surface area contributed by atoms with Gasteiger partial charge in [0.25, 0.3) is 0 Å². The summed E-state index contributed by atoms with van der Waals surface area (Å²) in [7, 11) is 0. The second kappa shape index (κ2) is 12.9. The van der Waals surface area contributed by atoms with Crippen LogP contribution < -0.4 is 4.74 Å². The van der Waals surface area contributed by atoms with Crippen molar-refractivity contribution in [3.8, 4) is 28.0 Å². The van der Waals surface area contributed by atoms with Gasteiger partial charge < -0.3 is 14.2 Å². The second-order valence-electron chi connectivity index (χ2n) is 11.0. The van der Waals surface area contributed by atoms with Gasteiger partial charge >= 0.3 is 6.11 Å². The molecular weight excluding hydrogens is 539 g/mol. The molecule has 0 amide bonds. The van der Waals surface area contributed by atoms with Crippen molar-refractivity contribution in [2.24, 2.45) is 5.92 Å². The van der Waals surface area contributed by atoms with Gasteiger partial charge in [0.2, 0.25) is 0 Å². The molecule has 3 unspecified atom stereocenters. The van der Waals surface area contributed by atoms with E-state index < -0.39 is 41.5 Å². The number of ether oxygens (including phenoxy) is 3. The molecule has 0 bridgehead atoms. The molecule has 0 saturated carbocycles. The van der Waals surface area contributed by atoms with E-state index in [4.69, 9.17) is 14.2 Å². The lowest BCUT2D eigenvalue weighted by molar-refractivity contribution is -0.265. The van der Waals surface area contributed by atoms with Crippen molar-refractivity contribution in [3.63, 3.8) is 0 Å². The predicted molar refractivity (Wildman–Crippen MR) is 147 cm³/mol. The molecule has 0 N–H and O–H groups in total. The van der Waals surface area contributed by atoms with Crippen molar-refractivity contribution in [1.29, 1.82) is 0 Å². The maximum Gasteiger partial charge on any atom is 0.424 e. The summed E-state index contributed by atoms with van der Waals surface area (Å²) >= 11 is 0. The Bertz CT molecular complexity index is 1320. The SMILES string of the molecule is CCCCCCCC1CCC(C(F)(F)Oc2ccc(-c3ccc(-c4ccc(C5CO5)c(F)c4F)cc3)cc2F)OC1. The summed E-state index contributed by atoms with van der Waals surface area (Å²) < 4.78 is 89.1. The number of rotatable bonds is 12. The van der Waals surface area contributed by atoms with Crippen LogP contribution in [0.5, 0.6) is 5.75 Å². The number of unbranched alkanes of at least 4 members (excludes halogenated alkanes) is 4. The molecule has 3 aromatic rings. The van der Waals surface area contributed by atoms with E-state index in [0.717, 1.165) is 25.3 Å². The molecule has 220 valence electrons. The molecule has 2 fully saturated rings. The lowest BCUT2D eigenvalue weighted by Crippen LogP contribution is -2.44. The van der Waals surface area contributed by atoms with Crippen molar-refractivity contribution in [2.45, 2.75) is 76.6 Å². The number of epoxide rings is 1. The summed E-state index contributed by atoms with van der Waals surface area (Å²) in [5, 5.41) is 0. The summed E-state index contributed by atoms with van der Waals surface area (Å²) in [6, 6.07) is 13.2. The number of benzene rings is 3. The van der Waals surface area contributed by atoms with E-state index in [0.29, 0.717) is 29.7 Å². The first-order valence-electron chi connectivity index (χ1n) is 14.4. The molecule has 3 nitrogen and oxygen atoms in total. The number of hydrogen-bond donors (Lipinski definition) is 0. The zero-order chi connectivity index (χ0) is 29.0. The highest BCUT2D eigenvalue weighted by Gasteiger charge is 2.46. The molecule has 5 rings (SSSR count). The van der Waals surface area contributed by atoms with Crippen LogP contribution in [0.25, 0.3) is 22.3 Å². The lowest BCUT2D eigenvalue weighted by Gasteiger charge is -2.33. The normalized spacial score (nSPS) is 20.7. The summed E-state index contributed by atoms with van der Waals surface area (Å²) in [5.74, 6) is -3.12. The smallest absolute Gasteiger partial charge is 0.424 e. The zero-order valence-corrected chi connectivity index (χ0v) is 23.1. The van der Waals surface area contributed by atoms with E-state index in [1.807, 2.05) is 0 Å². The summed E-state index contributed by atoms with van der Waals surface area (Å²) in [5.41, 5.74) is 1.73. The Kier molecular flexibility index (Phi) is 9.29. The van der Waals surface area contributed by atoms with Gasteiger partial charge in [-0.05, 0) is 54.0 Å². The van der Waals surface area contributed by atoms with Gasteiger partial charge in [0.1, 0.15) is 6.10 Å². The Balaban J connectivity index is 1.19. The minimum atomic E-state index is -3.67. The van der Waals surface area contributed by atoms with E-state index in [1.165, 1.54) is 43.5 Å². The van der Waals surface area contributed by atoms with Crippen molar-refractivity contribution in [2.75, 3.05) is 13.2 Å². The van der Waals surface area contributed by atoms with Crippen LogP contribution in [0.3, 0.4) is 0 Å². The van der Waals surface area contributed by atoms with Gasteiger partial charge in [0.05, 0.1) is 13.2 Å². The third-order valence-electron chi connectivity index (χ3n) is 7.96. The standard InChI is InChI=1S/C33H35F5O3/c1-2-3-4-5-6-7-21-8-17-30(40-19-21)33(37,38)41-28-16-13-24(18-27(28)34)22-9-11-23(12-10-22)25-14-15-26(29-20-39-29)32(36)31(25)35/h9-16,18,21,29-30H,2-8,17,19-20H2,1H3. The fourth-order valence-corrected chi connectivity index (χ4v) is 5.42. The lowest BCUT2D eigenvalue weighted by atomic mass is 9.92. The molecule has 0 aliphatic carbocycles. The number of halogens is 5. The average Bonchev–Trinajstić information content (AvgIpc) is 3.81. The molecule has 41 heavy (non-hydrogen) atoms. The summed E-state index contributed by atoms with van der Waals surface area (Å²) in [6.45, 7) is 2.79. The first-order chi connectivity index (χ1) is 19.8. The van der Waals surface area contributed by atoms with Gasteiger partial charge in [-0.1, -0.05) is 81.5 Å². The third-order valence-corrected chi connectivity index (χ3v) is 7.96. The van der Waals surface area contributed by atoms with Crippen LogP contribution in [-0.4, -0.2) is 25.4 Å². The molecule has 2 heterocycles. The second-order valence-corrected chi connectivity index (χ2v) is 11.0. The maximum atomic E-state index is 14.9. The molecule has 8 heteroatoms.